The van der Waals surface area contributed by atoms with Crippen LogP contribution in [0.25, 0.3) is 0 Å². The highest BCUT2D eigenvalue weighted by Crippen LogP contribution is 2.39. The second-order valence-corrected chi connectivity index (χ2v) is 8.99. The van der Waals surface area contributed by atoms with Crippen molar-refractivity contribution in [1.82, 2.24) is 20.6 Å². The summed E-state index contributed by atoms with van der Waals surface area (Å²) >= 11 is 1.18. The number of nitrogens with one attached hydrogen (secondary N) is 2. The lowest BCUT2D eigenvalue weighted by Gasteiger charge is -2.17. The molecule has 2 aromatic heterocycles. The highest BCUT2D eigenvalue weighted by atomic mass is 32.1. The molecule has 2 amide bonds. The lowest BCUT2D eigenvalue weighted by molar-refractivity contribution is -0.138. The zero-order valence-corrected chi connectivity index (χ0v) is 19.2. The summed E-state index contributed by atoms with van der Waals surface area (Å²) in [6, 6.07) is 6.31. The van der Waals surface area contributed by atoms with E-state index in [1.807, 2.05) is 0 Å². The first-order valence-corrected chi connectivity index (χ1v) is 11.5. The molecule has 35 heavy (non-hydrogen) atoms. The van der Waals surface area contributed by atoms with Gasteiger partial charge < -0.3 is 20.5 Å². The minimum absolute atomic E-state index is 0.0637. The predicted molar refractivity (Wildman–Crippen MR) is 120 cm³/mol. The Morgan fingerprint density at radius 2 is 2.00 bits per heavy atom. The van der Waals surface area contributed by atoms with Gasteiger partial charge in [-0.05, 0) is 49.6 Å². The van der Waals surface area contributed by atoms with Gasteiger partial charge in [-0.1, -0.05) is 6.07 Å². The van der Waals surface area contributed by atoms with Gasteiger partial charge in [0.2, 0.25) is 5.91 Å². The maximum absolute atomic E-state index is 13.4. The molecule has 1 unspecified atom stereocenters. The summed E-state index contributed by atoms with van der Waals surface area (Å²) in [6.07, 6.45) is -2.02. The van der Waals surface area contributed by atoms with Crippen LogP contribution in [0.5, 0.6) is 11.5 Å². The van der Waals surface area contributed by atoms with Crippen molar-refractivity contribution in [3.05, 3.63) is 69.9 Å². The second kappa shape index (κ2) is 9.62. The van der Waals surface area contributed by atoms with Gasteiger partial charge in [0, 0.05) is 0 Å². The van der Waals surface area contributed by atoms with Crippen LogP contribution < -0.4 is 15.4 Å². The van der Waals surface area contributed by atoms with E-state index in [0.717, 1.165) is 12.1 Å². The number of aromatic nitrogens is 2. The summed E-state index contributed by atoms with van der Waals surface area (Å²) in [5.74, 6) is -1.05. The quantitative estimate of drug-likeness (QED) is 0.426. The molecule has 1 aliphatic carbocycles. The van der Waals surface area contributed by atoms with E-state index in [9.17, 15) is 27.9 Å². The second-order valence-electron chi connectivity index (χ2n) is 8.10. The molecule has 12 heteroatoms. The number of amides is 2. The summed E-state index contributed by atoms with van der Waals surface area (Å²) < 4.78 is 45.7. The number of nitrogens with zero attached hydrogens (tertiary/aromatic N) is 2. The van der Waals surface area contributed by atoms with E-state index in [-0.39, 0.29) is 29.7 Å². The minimum atomic E-state index is -4.67. The number of ether oxygens (including phenoxy) is 1. The maximum Gasteiger partial charge on any atom is 0.419 e. The van der Waals surface area contributed by atoms with E-state index in [1.54, 1.807) is 0 Å². The third-order valence-electron chi connectivity index (χ3n) is 5.44. The number of pyridine rings is 1. The van der Waals surface area contributed by atoms with Crippen LogP contribution in [0.15, 0.2) is 48.2 Å². The Hall–Kier alpha value is -3.51. The molecule has 2 heterocycles. The number of halogens is 3. The van der Waals surface area contributed by atoms with Crippen LogP contribution in [-0.4, -0.2) is 32.4 Å². The highest BCUT2D eigenvalue weighted by molar-refractivity contribution is 7.11. The number of hydrogen-bond donors (Lipinski definition) is 3. The Morgan fingerprint density at radius 3 is 2.57 bits per heavy atom. The zero-order chi connectivity index (χ0) is 25.2. The summed E-state index contributed by atoms with van der Waals surface area (Å²) in [5.41, 5.74) is 0.127. The fourth-order valence-corrected chi connectivity index (χ4v) is 3.82. The molecule has 184 valence electrons. The number of carbonyl (C=O) groups is 2. The molecule has 1 fully saturated rings. The van der Waals surface area contributed by atoms with Crippen LogP contribution in [0.4, 0.5) is 13.2 Å². The van der Waals surface area contributed by atoms with Gasteiger partial charge >= 0.3 is 6.18 Å². The Morgan fingerprint density at radius 1 is 1.23 bits per heavy atom. The average molecular weight is 507 g/mol. The minimum Gasteiger partial charge on any atom is -0.455 e. The number of alkyl halides is 3. The molecular weight excluding hydrogens is 485 g/mol. The molecular formula is C23H21F3N4O4S. The van der Waals surface area contributed by atoms with Gasteiger partial charge in [-0.15, -0.1) is 11.3 Å². The molecule has 0 spiro atoms. The van der Waals surface area contributed by atoms with Crippen molar-refractivity contribution >= 4 is 23.2 Å². The number of aliphatic hydroxyl groups excluding tert-OH is 1. The number of thiazole rings is 1. The van der Waals surface area contributed by atoms with Crippen molar-refractivity contribution in [2.45, 2.75) is 44.1 Å². The Labute approximate surface area is 202 Å². The van der Waals surface area contributed by atoms with E-state index in [1.165, 1.54) is 54.4 Å². The fourth-order valence-electron chi connectivity index (χ4n) is 3.30. The average Bonchev–Trinajstić information content (AvgIpc) is 3.38. The van der Waals surface area contributed by atoms with Crippen LogP contribution in [-0.2, 0) is 17.5 Å². The molecule has 1 atom stereocenters. The van der Waals surface area contributed by atoms with Crippen molar-refractivity contribution in [2.24, 2.45) is 0 Å². The van der Waals surface area contributed by atoms with Crippen molar-refractivity contribution in [3.63, 3.8) is 0 Å². The first-order valence-electron chi connectivity index (χ1n) is 10.6. The van der Waals surface area contributed by atoms with Gasteiger partial charge in [-0.25, -0.2) is 0 Å². The molecule has 1 aliphatic rings. The van der Waals surface area contributed by atoms with Gasteiger partial charge in [0.1, 0.15) is 21.9 Å². The van der Waals surface area contributed by atoms with Crippen molar-refractivity contribution in [2.75, 3.05) is 0 Å². The molecule has 0 radical (unpaired) electrons. The molecule has 3 N–H and O–H groups in total. The van der Waals surface area contributed by atoms with E-state index < -0.39 is 29.1 Å². The number of rotatable bonds is 8. The molecule has 1 saturated carbocycles. The van der Waals surface area contributed by atoms with Crippen LogP contribution >= 0.6 is 11.3 Å². The van der Waals surface area contributed by atoms with Crippen LogP contribution in [0.2, 0.25) is 0 Å². The Kier molecular flexibility index (Phi) is 6.77. The van der Waals surface area contributed by atoms with E-state index >= 15 is 0 Å². The molecule has 0 aliphatic heterocycles. The highest BCUT2D eigenvalue weighted by Gasteiger charge is 2.51. The molecule has 1 aromatic carbocycles. The molecule has 0 bridgehead atoms. The standard InChI is InChI=1S/C23H21F3N4O4S/c1-13(31)14-2-5-18(17(8-14)23(24,25)26)34-16-4-3-15(28-10-16)9-29-21(33)22(6-7-22)30-20(32)19-11-27-12-35-19/h2-5,8,10-13,31H,6-7,9H2,1H3,(H,29,33)(H,30,32). The predicted octanol–water partition coefficient (Wildman–Crippen LogP) is 3.98. The number of benzene rings is 1. The third-order valence-corrected chi connectivity index (χ3v) is 6.21. The van der Waals surface area contributed by atoms with Crippen LogP contribution in [0.3, 0.4) is 0 Å². The van der Waals surface area contributed by atoms with Gasteiger partial charge in [0.25, 0.3) is 5.91 Å². The Bertz CT molecular complexity index is 1210. The topological polar surface area (TPSA) is 113 Å². The zero-order valence-electron chi connectivity index (χ0n) is 18.4. The van der Waals surface area contributed by atoms with Crippen LogP contribution in [0.1, 0.15) is 52.4 Å². The van der Waals surface area contributed by atoms with Crippen LogP contribution in [0, 0.1) is 0 Å². The van der Waals surface area contributed by atoms with E-state index in [0.29, 0.717) is 23.4 Å². The van der Waals surface area contributed by atoms with Crippen molar-refractivity contribution < 1.29 is 32.6 Å². The number of aliphatic hydroxyl groups is 1. The monoisotopic (exact) mass is 506 g/mol. The van der Waals surface area contributed by atoms with Gasteiger partial charge in [-0.3, -0.25) is 19.6 Å². The summed E-state index contributed by atoms with van der Waals surface area (Å²) in [7, 11) is 0. The lowest BCUT2D eigenvalue weighted by atomic mass is 10.1. The first-order chi connectivity index (χ1) is 16.6. The third kappa shape index (κ3) is 5.77. The van der Waals surface area contributed by atoms with E-state index in [4.69, 9.17) is 4.74 Å². The van der Waals surface area contributed by atoms with Gasteiger partial charge in [0.15, 0.2) is 0 Å². The SMILES string of the molecule is CC(O)c1ccc(Oc2ccc(CNC(=O)C3(NC(=O)c4cncs4)CC3)nc2)c(C(F)(F)F)c1. The lowest BCUT2D eigenvalue weighted by Crippen LogP contribution is -2.48. The summed E-state index contributed by atoms with van der Waals surface area (Å²) in [4.78, 5) is 33.2. The normalized spacial score (nSPS) is 15.2. The summed E-state index contributed by atoms with van der Waals surface area (Å²) in [5, 5.41) is 15.1. The smallest absolute Gasteiger partial charge is 0.419 e. The van der Waals surface area contributed by atoms with Gasteiger partial charge in [0.05, 0.1) is 41.8 Å². The number of hydrogen-bond acceptors (Lipinski definition) is 7. The van der Waals surface area contributed by atoms with Gasteiger partial charge in [-0.2, -0.15) is 13.2 Å². The van der Waals surface area contributed by atoms with E-state index in [2.05, 4.69) is 20.6 Å². The molecule has 4 rings (SSSR count). The van der Waals surface area contributed by atoms with Crippen molar-refractivity contribution in [1.29, 1.82) is 0 Å². The molecule has 3 aromatic rings. The maximum atomic E-state index is 13.4. The van der Waals surface area contributed by atoms with Crippen molar-refractivity contribution in [3.8, 4) is 11.5 Å². The first kappa shape index (κ1) is 24.6. The largest absolute Gasteiger partial charge is 0.455 e. The molecule has 0 saturated heterocycles. The fraction of sp³-hybridized carbons (Fsp3) is 0.304. The number of carbonyl (C=O) groups excluding carboxylic acids is 2. The molecule has 8 nitrogen and oxygen atoms in total. The summed E-state index contributed by atoms with van der Waals surface area (Å²) in [6.45, 7) is 1.44. The Balaban J connectivity index is 1.37.